The molecule has 0 aliphatic heterocycles. The molecule has 0 aromatic heterocycles. The molecule has 3 rings (SSSR count). The summed E-state index contributed by atoms with van der Waals surface area (Å²) in [6, 6.07) is 29.8. The molecule has 0 aliphatic carbocycles. The van der Waals surface area contributed by atoms with E-state index in [-0.39, 0.29) is 11.5 Å². The van der Waals surface area contributed by atoms with Crippen LogP contribution in [0.4, 0.5) is 0 Å². The average molecular weight is 305 g/mol. The van der Waals surface area contributed by atoms with E-state index in [9.17, 15) is 4.21 Å². The van der Waals surface area contributed by atoms with Crippen LogP contribution in [0.5, 0.6) is 0 Å². The van der Waals surface area contributed by atoms with Gasteiger partial charge in [0.05, 0.1) is 0 Å². The van der Waals surface area contributed by atoms with E-state index in [0.717, 1.165) is 16.7 Å². The number of nitrogens with zero attached hydrogens (tertiary/aromatic N) is 1. The summed E-state index contributed by atoms with van der Waals surface area (Å²) < 4.78 is 15.8. The van der Waals surface area contributed by atoms with Crippen LogP contribution in [-0.2, 0) is 17.0 Å². The number of benzene rings is 3. The molecule has 22 heavy (non-hydrogen) atoms. The lowest BCUT2D eigenvalue weighted by Gasteiger charge is -2.30. The van der Waals surface area contributed by atoms with Crippen molar-refractivity contribution in [1.29, 1.82) is 0 Å². The van der Waals surface area contributed by atoms with Gasteiger partial charge in [-0.3, -0.25) is 0 Å². The largest absolute Gasteiger partial charge is 0.201 e. The van der Waals surface area contributed by atoms with Gasteiger partial charge < -0.3 is 0 Å². The average Bonchev–Trinajstić information content (AvgIpc) is 2.62. The van der Waals surface area contributed by atoms with Crippen LogP contribution in [0.15, 0.2) is 95.4 Å². The highest BCUT2D eigenvalue weighted by Gasteiger charge is 2.36. The van der Waals surface area contributed by atoms with E-state index in [1.165, 1.54) is 0 Å². The smallest absolute Gasteiger partial charge is 0.191 e. The minimum absolute atomic E-state index is 0.268. The lowest BCUT2D eigenvalue weighted by molar-refractivity contribution is 0.650. The molecule has 0 bridgehead atoms. The van der Waals surface area contributed by atoms with Crippen LogP contribution in [0.3, 0.4) is 0 Å². The second kappa shape index (κ2) is 6.50. The van der Waals surface area contributed by atoms with Crippen LogP contribution < -0.4 is 0 Å². The maximum Gasteiger partial charge on any atom is 0.201 e. The molecule has 0 unspecified atom stereocenters. The summed E-state index contributed by atoms with van der Waals surface area (Å²) in [6.45, 7) is 0. The SMILES string of the molecule is O=S=NC(c1ccccc1)(c1ccccc1)c1ccccc1. The Kier molecular flexibility index (Phi) is 4.26. The molecule has 2 nitrogen and oxygen atoms in total. The summed E-state index contributed by atoms with van der Waals surface area (Å²) in [5.41, 5.74) is 2.15. The minimum Gasteiger partial charge on any atom is -0.191 e. The van der Waals surface area contributed by atoms with Gasteiger partial charge in [-0.1, -0.05) is 91.0 Å². The van der Waals surface area contributed by atoms with Gasteiger partial charge in [-0.15, -0.1) is 0 Å². The summed E-state index contributed by atoms with van der Waals surface area (Å²) in [7, 11) is 0. The van der Waals surface area contributed by atoms with E-state index >= 15 is 0 Å². The first-order valence-electron chi connectivity index (χ1n) is 7.05. The fourth-order valence-corrected chi connectivity index (χ4v) is 3.18. The van der Waals surface area contributed by atoms with Crippen LogP contribution in [0, 0.1) is 0 Å². The molecule has 3 aromatic carbocycles. The maximum atomic E-state index is 11.4. The van der Waals surface area contributed by atoms with Crippen LogP contribution in [-0.4, -0.2) is 4.21 Å². The Morgan fingerprint density at radius 1 is 0.591 bits per heavy atom. The van der Waals surface area contributed by atoms with E-state index in [1.54, 1.807) is 0 Å². The molecular weight excluding hydrogens is 290 g/mol. The molecule has 0 heterocycles. The second-order valence-electron chi connectivity index (χ2n) is 4.97. The molecule has 0 saturated carbocycles. The van der Waals surface area contributed by atoms with Gasteiger partial charge in [0.25, 0.3) is 0 Å². The molecule has 3 aromatic rings. The van der Waals surface area contributed by atoms with Crippen molar-refractivity contribution in [2.45, 2.75) is 5.54 Å². The topological polar surface area (TPSA) is 29.4 Å². The zero-order valence-corrected chi connectivity index (χ0v) is 12.7. The van der Waals surface area contributed by atoms with E-state index in [4.69, 9.17) is 0 Å². The Morgan fingerprint density at radius 3 is 1.18 bits per heavy atom. The molecule has 0 radical (unpaired) electrons. The second-order valence-corrected chi connectivity index (χ2v) is 5.31. The zero-order chi connectivity index (χ0) is 15.3. The number of hydrogen-bond acceptors (Lipinski definition) is 2. The first kappa shape index (κ1) is 14.4. The lowest BCUT2D eigenvalue weighted by Crippen LogP contribution is -2.26. The summed E-state index contributed by atoms with van der Waals surface area (Å²) in [4.78, 5) is 0. The highest BCUT2D eigenvalue weighted by atomic mass is 32.1. The summed E-state index contributed by atoms with van der Waals surface area (Å²) in [5, 5.41) is 0. The Balaban J connectivity index is 2.37. The summed E-state index contributed by atoms with van der Waals surface area (Å²) >= 11 is 0.268. The number of rotatable bonds is 4. The predicted octanol–water partition coefficient (Wildman–Crippen LogP) is 4.38. The van der Waals surface area contributed by atoms with E-state index in [2.05, 4.69) is 4.36 Å². The third kappa shape index (κ3) is 2.51. The van der Waals surface area contributed by atoms with Crippen LogP contribution in [0.25, 0.3) is 0 Å². The van der Waals surface area contributed by atoms with Gasteiger partial charge in [0.15, 0.2) is 5.54 Å². The Labute approximate surface area is 133 Å². The van der Waals surface area contributed by atoms with Crippen molar-refractivity contribution in [2.75, 3.05) is 0 Å². The van der Waals surface area contributed by atoms with Crippen molar-refractivity contribution >= 4 is 11.5 Å². The Bertz CT molecular complexity index is 685. The summed E-state index contributed by atoms with van der Waals surface area (Å²) in [6.07, 6.45) is 0. The molecule has 0 atom stereocenters. The van der Waals surface area contributed by atoms with E-state index < -0.39 is 5.54 Å². The van der Waals surface area contributed by atoms with Crippen molar-refractivity contribution < 1.29 is 4.21 Å². The highest BCUT2D eigenvalue weighted by Crippen LogP contribution is 2.40. The minimum atomic E-state index is -0.795. The predicted molar refractivity (Wildman–Crippen MR) is 89.8 cm³/mol. The monoisotopic (exact) mass is 305 g/mol. The molecule has 0 spiro atoms. The van der Waals surface area contributed by atoms with Gasteiger partial charge in [-0.05, 0) is 16.7 Å². The first-order valence-corrected chi connectivity index (χ1v) is 7.75. The third-order valence-electron chi connectivity index (χ3n) is 3.75. The zero-order valence-electron chi connectivity index (χ0n) is 11.9. The molecule has 0 amide bonds. The van der Waals surface area contributed by atoms with Crippen LogP contribution in [0.2, 0.25) is 0 Å². The normalized spacial score (nSPS) is 10.9. The maximum absolute atomic E-state index is 11.4. The van der Waals surface area contributed by atoms with E-state index in [0.29, 0.717) is 0 Å². The molecule has 0 N–H and O–H groups in total. The van der Waals surface area contributed by atoms with Gasteiger partial charge >= 0.3 is 0 Å². The lowest BCUT2D eigenvalue weighted by atomic mass is 9.78. The molecule has 3 heteroatoms. The molecular formula is C19H15NOS. The van der Waals surface area contributed by atoms with Gasteiger partial charge in [-0.25, -0.2) is 0 Å². The molecule has 0 fully saturated rings. The van der Waals surface area contributed by atoms with Crippen molar-refractivity contribution in [3.05, 3.63) is 108 Å². The van der Waals surface area contributed by atoms with Gasteiger partial charge in [0, 0.05) is 0 Å². The van der Waals surface area contributed by atoms with Crippen molar-refractivity contribution in [3.8, 4) is 0 Å². The van der Waals surface area contributed by atoms with Gasteiger partial charge in [0.1, 0.15) is 0 Å². The quantitative estimate of drug-likeness (QED) is 0.658. The number of hydrogen-bond donors (Lipinski definition) is 0. The molecule has 0 aliphatic rings. The van der Waals surface area contributed by atoms with Crippen LogP contribution >= 0.6 is 0 Å². The molecule has 0 saturated heterocycles. The van der Waals surface area contributed by atoms with Gasteiger partial charge in [0.2, 0.25) is 11.5 Å². The van der Waals surface area contributed by atoms with Crippen LogP contribution in [0.1, 0.15) is 16.7 Å². The summed E-state index contributed by atoms with van der Waals surface area (Å²) in [5.74, 6) is 0. The van der Waals surface area contributed by atoms with Gasteiger partial charge in [-0.2, -0.15) is 8.57 Å². The highest BCUT2D eigenvalue weighted by molar-refractivity contribution is 7.54. The fourth-order valence-electron chi connectivity index (χ4n) is 2.75. The van der Waals surface area contributed by atoms with Crippen molar-refractivity contribution in [1.82, 2.24) is 0 Å². The first-order chi connectivity index (χ1) is 10.9. The van der Waals surface area contributed by atoms with Crippen molar-refractivity contribution in [2.24, 2.45) is 4.36 Å². The molecule has 108 valence electrons. The fraction of sp³-hybridized carbons (Fsp3) is 0.0526. The van der Waals surface area contributed by atoms with E-state index in [1.807, 2.05) is 91.0 Å². The third-order valence-corrected chi connectivity index (χ3v) is 4.10. The Hall–Kier alpha value is -2.52. The van der Waals surface area contributed by atoms with Crippen molar-refractivity contribution in [3.63, 3.8) is 0 Å². The standard InChI is InChI=1S/C19H15NOS/c21-22-20-19(16-10-4-1-5-11-16,17-12-6-2-7-13-17)18-14-8-3-9-15-18/h1-15H. The Morgan fingerprint density at radius 2 is 0.909 bits per heavy atom.